The van der Waals surface area contributed by atoms with Crippen LogP contribution in [0.25, 0.3) is 11.0 Å². The van der Waals surface area contributed by atoms with Gasteiger partial charge in [-0.1, -0.05) is 29.8 Å². The van der Waals surface area contributed by atoms with E-state index in [2.05, 4.69) is 12.2 Å². The zero-order chi connectivity index (χ0) is 17.1. The van der Waals surface area contributed by atoms with Crippen LogP contribution in [0.4, 0.5) is 0 Å². The van der Waals surface area contributed by atoms with Crippen molar-refractivity contribution in [2.75, 3.05) is 7.11 Å². The molecule has 1 atom stereocenters. The van der Waals surface area contributed by atoms with Gasteiger partial charge in [0.05, 0.1) is 7.11 Å². The van der Waals surface area contributed by atoms with Gasteiger partial charge in [0.1, 0.15) is 23.9 Å². The van der Waals surface area contributed by atoms with Crippen LogP contribution in [-0.4, -0.2) is 7.11 Å². The van der Waals surface area contributed by atoms with Crippen LogP contribution in [0.2, 0.25) is 5.02 Å². The summed E-state index contributed by atoms with van der Waals surface area (Å²) in [5, 5.41) is 3.82. The number of hydrogen-bond acceptors (Lipinski definition) is 3. The molecule has 0 saturated heterocycles. The number of quaternary nitrogens is 1. The molecule has 3 rings (SSSR count). The fourth-order valence-corrected chi connectivity index (χ4v) is 3.09. The molecule has 5 heteroatoms. The third-order valence-corrected chi connectivity index (χ3v) is 4.47. The lowest BCUT2D eigenvalue weighted by molar-refractivity contribution is -0.707. The third-order valence-electron chi connectivity index (χ3n) is 4.12. The van der Waals surface area contributed by atoms with Crippen LogP contribution in [0.3, 0.4) is 0 Å². The number of benzene rings is 2. The van der Waals surface area contributed by atoms with Crippen LogP contribution >= 0.6 is 11.6 Å². The van der Waals surface area contributed by atoms with Crippen molar-refractivity contribution in [3.63, 3.8) is 0 Å². The minimum Gasteiger partial charge on any atom is -0.497 e. The lowest BCUT2D eigenvalue weighted by Gasteiger charge is -2.13. The minimum absolute atomic E-state index is 0.180. The van der Waals surface area contributed by atoms with E-state index in [1.54, 1.807) is 19.2 Å². The van der Waals surface area contributed by atoms with E-state index in [0.29, 0.717) is 17.9 Å². The van der Waals surface area contributed by atoms with E-state index < -0.39 is 0 Å². The average Bonchev–Trinajstić information content (AvgIpc) is 2.59. The largest absolute Gasteiger partial charge is 0.497 e. The first-order valence-electron chi connectivity index (χ1n) is 7.77. The molecule has 0 fully saturated rings. The Morgan fingerprint density at radius 3 is 2.75 bits per heavy atom. The molecular weight excluding hydrogens is 326 g/mol. The summed E-state index contributed by atoms with van der Waals surface area (Å²) in [7, 11) is 1.59. The normalized spacial score (nSPS) is 12.3. The summed E-state index contributed by atoms with van der Waals surface area (Å²) in [6.45, 7) is 2.75. The van der Waals surface area contributed by atoms with Crippen LogP contribution in [0, 0.1) is 0 Å². The quantitative estimate of drug-likeness (QED) is 0.723. The SMILES string of the molecule is COc1ccc2c(C[NH2+][C@@H](C)c3ccccc3Cl)cc(=O)oc2c1. The number of fused-ring (bicyclic) bond motifs is 1. The van der Waals surface area contributed by atoms with E-state index in [1.807, 2.05) is 36.4 Å². The maximum Gasteiger partial charge on any atom is 0.336 e. The molecule has 1 heterocycles. The molecule has 1 aromatic heterocycles. The molecule has 0 bridgehead atoms. The van der Waals surface area contributed by atoms with Gasteiger partial charge in [-0.15, -0.1) is 0 Å². The van der Waals surface area contributed by atoms with E-state index in [0.717, 1.165) is 21.5 Å². The van der Waals surface area contributed by atoms with Gasteiger partial charge in [0.2, 0.25) is 0 Å². The molecule has 0 radical (unpaired) electrons. The Morgan fingerprint density at radius 2 is 2.00 bits per heavy atom. The van der Waals surface area contributed by atoms with Crippen molar-refractivity contribution in [2.24, 2.45) is 0 Å². The first-order chi connectivity index (χ1) is 11.6. The van der Waals surface area contributed by atoms with Gasteiger partial charge in [-0.25, -0.2) is 4.79 Å². The second-order valence-corrected chi connectivity index (χ2v) is 6.11. The highest BCUT2D eigenvalue weighted by atomic mass is 35.5. The van der Waals surface area contributed by atoms with Crippen LogP contribution in [-0.2, 0) is 6.54 Å². The molecule has 4 nitrogen and oxygen atoms in total. The maximum absolute atomic E-state index is 11.8. The Labute approximate surface area is 145 Å². The molecule has 3 aromatic rings. The Morgan fingerprint density at radius 1 is 1.21 bits per heavy atom. The topological polar surface area (TPSA) is 56.0 Å². The van der Waals surface area contributed by atoms with Gasteiger partial charge in [-0.2, -0.15) is 0 Å². The predicted octanol–water partition coefficient (Wildman–Crippen LogP) is 3.28. The zero-order valence-corrected chi connectivity index (χ0v) is 14.3. The van der Waals surface area contributed by atoms with E-state index >= 15 is 0 Å². The van der Waals surface area contributed by atoms with Gasteiger partial charge in [0, 0.05) is 33.7 Å². The molecule has 0 saturated carbocycles. The molecular formula is C19H19ClNO3+. The van der Waals surface area contributed by atoms with E-state index in [1.165, 1.54) is 0 Å². The molecule has 2 N–H and O–H groups in total. The lowest BCUT2D eigenvalue weighted by Crippen LogP contribution is -2.83. The smallest absolute Gasteiger partial charge is 0.336 e. The number of ether oxygens (including phenoxy) is 1. The second kappa shape index (κ2) is 7.07. The van der Waals surface area contributed by atoms with Gasteiger partial charge >= 0.3 is 5.63 Å². The molecule has 0 amide bonds. The number of halogens is 1. The number of rotatable bonds is 5. The van der Waals surface area contributed by atoms with Crippen molar-refractivity contribution in [2.45, 2.75) is 19.5 Å². The summed E-state index contributed by atoms with van der Waals surface area (Å²) in [6, 6.07) is 15.0. The van der Waals surface area contributed by atoms with E-state index in [9.17, 15) is 4.79 Å². The van der Waals surface area contributed by atoms with Crippen molar-refractivity contribution < 1.29 is 14.5 Å². The van der Waals surface area contributed by atoms with E-state index in [4.69, 9.17) is 20.8 Å². The van der Waals surface area contributed by atoms with Gasteiger partial charge < -0.3 is 14.5 Å². The van der Waals surface area contributed by atoms with Crippen molar-refractivity contribution in [3.8, 4) is 5.75 Å². The zero-order valence-electron chi connectivity index (χ0n) is 13.6. The van der Waals surface area contributed by atoms with E-state index in [-0.39, 0.29) is 11.7 Å². The molecule has 2 aromatic carbocycles. The Hall–Kier alpha value is -2.30. The van der Waals surface area contributed by atoms with Crippen molar-refractivity contribution in [1.29, 1.82) is 0 Å². The Bertz CT molecular complexity index is 920. The Kier molecular flexibility index (Phi) is 4.88. The van der Waals surface area contributed by atoms with Gasteiger partial charge in [-0.3, -0.25) is 0 Å². The fourth-order valence-electron chi connectivity index (χ4n) is 2.78. The van der Waals surface area contributed by atoms with Gasteiger partial charge in [-0.05, 0) is 25.1 Å². The number of methoxy groups -OCH3 is 1. The summed E-state index contributed by atoms with van der Waals surface area (Å²) >= 11 is 6.26. The molecule has 0 aliphatic carbocycles. The Balaban J connectivity index is 1.87. The molecule has 124 valence electrons. The highest BCUT2D eigenvalue weighted by Crippen LogP contribution is 2.23. The van der Waals surface area contributed by atoms with Crippen molar-refractivity contribution in [1.82, 2.24) is 0 Å². The fraction of sp³-hybridized carbons (Fsp3) is 0.211. The number of nitrogens with two attached hydrogens (primary N) is 1. The molecule has 0 unspecified atom stereocenters. The van der Waals surface area contributed by atoms with Crippen LogP contribution in [0.5, 0.6) is 5.75 Å². The summed E-state index contributed by atoms with van der Waals surface area (Å²) in [4.78, 5) is 11.8. The summed E-state index contributed by atoms with van der Waals surface area (Å²) < 4.78 is 10.5. The van der Waals surface area contributed by atoms with Crippen molar-refractivity contribution in [3.05, 3.63) is 75.1 Å². The second-order valence-electron chi connectivity index (χ2n) is 5.70. The van der Waals surface area contributed by atoms with Crippen LogP contribution in [0.1, 0.15) is 24.1 Å². The summed E-state index contributed by atoms with van der Waals surface area (Å²) in [5.41, 5.74) is 2.19. The average molecular weight is 345 g/mol. The van der Waals surface area contributed by atoms with Gasteiger partial charge in [0.15, 0.2) is 0 Å². The first kappa shape index (κ1) is 16.6. The maximum atomic E-state index is 11.8. The highest BCUT2D eigenvalue weighted by Gasteiger charge is 2.14. The number of hydrogen-bond donors (Lipinski definition) is 1. The predicted molar refractivity (Wildman–Crippen MR) is 94.5 cm³/mol. The highest BCUT2D eigenvalue weighted by molar-refractivity contribution is 6.31. The van der Waals surface area contributed by atoms with Crippen LogP contribution < -0.4 is 15.7 Å². The minimum atomic E-state index is -0.357. The monoisotopic (exact) mass is 344 g/mol. The summed E-state index contributed by atoms with van der Waals surface area (Å²) in [5.74, 6) is 0.663. The molecule has 0 spiro atoms. The summed E-state index contributed by atoms with van der Waals surface area (Å²) in [6.07, 6.45) is 0. The molecule has 0 aliphatic heterocycles. The molecule has 0 aliphatic rings. The standard InChI is InChI=1S/C19H18ClNO3/c1-12(15-5-3-4-6-17(15)20)21-11-13-9-19(22)24-18-10-14(23-2)7-8-16(13)18/h3-10,12,21H,11H2,1-2H3/p+1/t12-/m0/s1. The first-order valence-corrected chi connectivity index (χ1v) is 8.15. The van der Waals surface area contributed by atoms with Crippen molar-refractivity contribution >= 4 is 22.6 Å². The third kappa shape index (κ3) is 3.45. The van der Waals surface area contributed by atoms with Crippen LogP contribution in [0.15, 0.2) is 57.7 Å². The molecule has 24 heavy (non-hydrogen) atoms. The van der Waals surface area contributed by atoms with Gasteiger partial charge in [0.25, 0.3) is 0 Å². The lowest BCUT2D eigenvalue weighted by atomic mass is 10.1.